The second-order valence-corrected chi connectivity index (χ2v) is 1.82. The number of nitrogens with zero attached hydrogens (tertiary/aromatic N) is 1. The molecule has 10 heavy (non-hydrogen) atoms. The number of hydrogen-bond donors (Lipinski definition) is 1. The summed E-state index contributed by atoms with van der Waals surface area (Å²) in [7, 11) is 3.27. The molecule has 58 valence electrons. The van der Waals surface area contributed by atoms with Crippen LogP contribution in [0.3, 0.4) is 0 Å². The zero-order valence-corrected chi connectivity index (χ0v) is 6.72. The zero-order valence-electron chi connectivity index (χ0n) is 6.72. The smallest absolute Gasteiger partial charge is 0.121 e. The fourth-order valence-electron chi connectivity index (χ4n) is 0.535. The molecule has 0 amide bonds. The number of allylic oxidation sites excluding steroid dienone is 1. The molecule has 0 fully saturated rings. The van der Waals surface area contributed by atoms with Crippen LogP contribution in [0.4, 0.5) is 0 Å². The number of methoxy groups -OCH3 is 1. The lowest BCUT2D eigenvalue weighted by Gasteiger charge is -2.00. The van der Waals surface area contributed by atoms with Crippen LogP contribution in [0.15, 0.2) is 16.8 Å². The number of rotatable bonds is 3. The van der Waals surface area contributed by atoms with Gasteiger partial charge in [-0.1, -0.05) is 6.92 Å². The van der Waals surface area contributed by atoms with E-state index in [-0.39, 0.29) is 0 Å². The van der Waals surface area contributed by atoms with Crippen molar-refractivity contribution in [3.05, 3.63) is 11.8 Å². The summed E-state index contributed by atoms with van der Waals surface area (Å²) in [6.07, 6.45) is 2.56. The lowest BCUT2D eigenvalue weighted by molar-refractivity contribution is 0.281. The molecule has 0 rings (SSSR count). The summed E-state index contributed by atoms with van der Waals surface area (Å²) in [6.45, 7) is 2.00. The maximum absolute atomic E-state index is 5.42. The van der Waals surface area contributed by atoms with Crippen molar-refractivity contribution in [3.8, 4) is 0 Å². The van der Waals surface area contributed by atoms with E-state index >= 15 is 0 Å². The third kappa shape index (κ3) is 3.12. The van der Waals surface area contributed by atoms with Crippen LogP contribution in [-0.2, 0) is 4.74 Å². The third-order valence-corrected chi connectivity index (χ3v) is 1.18. The topological polar surface area (TPSA) is 47.6 Å². The molecular formula is C7H14N2O. The van der Waals surface area contributed by atoms with Gasteiger partial charge in [0.1, 0.15) is 5.84 Å². The first-order chi connectivity index (χ1) is 4.74. The van der Waals surface area contributed by atoms with Crippen molar-refractivity contribution in [2.24, 2.45) is 10.7 Å². The highest BCUT2D eigenvalue weighted by Gasteiger charge is 1.91. The third-order valence-electron chi connectivity index (χ3n) is 1.18. The van der Waals surface area contributed by atoms with Gasteiger partial charge < -0.3 is 10.5 Å². The molecule has 0 aliphatic carbocycles. The minimum absolute atomic E-state index is 0.499. The van der Waals surface area contributed by atoms with Crippen molar-refractivity contribution in [2.75, 3.05) is 14.2 Å². The number of ether oxygens (including phenoxy) is 1. The minimum Gasteiger partial charge on any atom is -0.501 e. The van der Waals surface area contributed by atoms with E-state index in [0.717, 1.165) is 12.2 Å². The van der Waals surface area contributed by atoms with E-state index in [4.69, 9.17) is 10.5 Å². The van der Waals surface area contributed by atoms with Crippen LogP contribution >= 0.6 is 0 Å². The Labute approximate surface area is 61.6 Å². The quantitative estimate of drug-likeness (QED) is 0.362. The maximum atomic E-state index is 5.42. The number of aliphatic imine (C=N–C) groups is 1. The molecular weight excluding hydrogens is 128 g/mol. The van der Waals surface area contributed by atoms with Crippen LogP contribution < -0.4 is 5.73 Å². The molecule has 0 aromatic heterocycles. The van der Waals surface area contributed by atoms with Gasteiger partial charge in [-0.15, -0.1) is 0 Å². The normalized spacial score (nSPS) is 13.5. The molecule has 0 aromatic carbocycles. The van der Waals surface area contributed by atoms with Crippen LogP contribution in [0.1, 0.15) is 13.3 Å². The van der Waals surface area contributed by atoms with Crippen LogP contribution in [0.2, 0.25) is 0 Å². The van der Waals surface area contributed by atoms with E-state index in [9.17, 15) is 0 Å². The molecule has 2 N–H and O–H groups in total. The van der Waals surface area contributed by atoms with Crippen LogP contribution in [0.25, 0.3) is 0 Å². The van der Waals surface area contributed by atoms with Crippen molar-refractivity contribution in [3.63, 3.8) is 0 Å². The standard InChI is InChI=1S/C7H14N2O/c1-4-6(10-3)5-7(8)9-2/h5H,4H2,1-3H3,(H2,8,9)/b6-5+. The maximum Gasteiger partial charge on any atom is 0.121 e. The first-order valence-electron chi connectivity index (χ1n) is 3.21. The number of amidine groups is 1. The predicted molar refractivity (Wildman–Crippen MR) is 42.9 cm³/mol. The molecule has 0 bridgehead atoms. The van der Waals surface area contributed by atoms with Crippen molar-refractivity contribution in [1.82, 2.24) is 0 Å². The summed E-state index contributed by atoms with van der Waals surface area (Å²) in [4.78, 5) is 3.76. The number of hydrogen-bond acceptors (Lipinski definition) is 2. The van der Waals surface area contributed by atoms with Crippen molar-refractivity contribution in [2.45, 2.75) is 13.3 Å². The van der Waals surface area contributed by atoms with Gasteiger partial charge in [0.25, 0.3) is 0 Å². The van der Waals surface area contributed by atoms with Crippen LogP contribution in [0, 0.1) is 0 Å². The molecule has 0 spiro atoms. The average molecular weight is 142 g/mol. The Kier molecular flexibility index (Phi) is 4.37. The van der Waals surface area contributed by atoms with Crippen molar-refractivity contribution < 1.29 is 4.74 Å². The summed E-state index contributed by atoms with van der Waals surface area (Å²) in [5.74, 6) is 1.35. The Balaban J connectivity index is 4.10. The van der Waals surface area contributed by atoms with Gasteiger partial charge in [0.2, 0.25) is 0 Å². The van der Waals surface area contributed by atoms with Gasteiger partial charge in [0.05, 0.1) is 12.9 Å². The van der Waals surface area contributed by atoms with Gasteiger partial charge in [-0.05, 0) is 0 Å². The van der Waals surface area contributed by atoms with E-state index in [1.54, 1.807) is 20.2 Å². The van der Waals surface area contributed by atoms with Gasteiger partial charge in [0.15, 0.2) is 0 Å². The Morgan fingerprint density at radius 1 is 1.70 bits per heavy atom. The van der Waals surface area contributed by atoms with E-state index < -0.39 is 0 Å². The van der Waals surface area contributed by atoms with E-state index in [0.29, 0.717) is 5.84 Å². The minimum atomic E-state index is 0.499. The largest absolute Gasteiger partial charge is 0.501 e. The fraction of sp³-hybridized carbons (Fsp3) is 0.571. The second kappa shape index (κ2) is 4.85. The SMILES string of the molecule is CC/C(=C\C(N)=NC)OC. The highest BCUT2D eigenvalue weighted by Crippen LogP contribution is 1.98. The Morgan fingerprint density at radius 2 is 2.30 bits per heavy atom. The first-order valence-corrected chi connectivity index (χ1v) is 3.21. The molecule has 0 aliphatic rings. The summed E-state index contributed by atoms with van der Waals surface area (Å²) in [6, 6.07) is 0. The van der Waals surface area contributed by atoms with E-state index in [2.05, 4.69) is 4.99 Å². The fourth-order valence-corrected chi connectivity index (χ4v) is 0.535. The highest BCUT2D eigenvalue weighted by molar-refractivity contribution is 5.91. The number of nitrogens with two attached hydrogens (primary N) is 1. The van der Waals surface area contributed by atoms with Gasteiger partial charge in [0, 0.05) is 19.5 Å². The monoisotopic (exact) mass is 142 g/mol. The van der Waals surface area contributed by atoms with Gasteiger partial charge in [-0.3, -0.25) is 4.99 Å². The molecule has 0 saturated carbocycles. The lowest BCUT2D eigenvalue weighted by atomic mass is 10.3. The summed E-state index contributed by atoms with van der Waals surface area (Å²) in [5, 5.41) is 0. The summed E-state index contributed by atoms with van der Waals surface area (Å²) in [5.41, 5.74) is 5.42. The molecule has 0 heterocycles. The van der Waals surface area contributed by atoms with Gasteiger partial charge in [-0.25, -0.2) is 0 Å². The Morgan fingerprint density at radius 3 is 2.60 bits per heavy atom. The zero-order chi connectivity index (χ0) is 7.98. The van der Waals surface area contributed by atoms with Crippen LogP contribution in [0.5, 0.6) is 0 Å². The van der Waals surface area contributed by atoms with Crippen molar-refractivity contribution >= 4 is 5.84 Å². The van der Waals surface area contributed by atoms with Crippen molar-refractivity contribution in [1.29, 1.82) is 0 Å². The molecule has 0 radical (unpaired) electrons. The van der Waals surface area contributed by atoms with Gasteiger partial charge in [-0.2, -0.15) is 0 Å². The molecule has 3 heteroatoms. The molecule has 0 saturated heterocycles. The molecule has 3 nitrogen and oxygen atoms in total. The van der Waals surface area contributed by atoms with E-state index in [1.165, 1.54) is 0 Å². The van der Waals surface area contributed by atoms with Crippen LogP contribution in [-0.4, -0.2) is 20.0 Å². The molecule has 0 aromatic rings. The predicted octanol–water partition coefficient (Wildman–Crippen LogP) is 0.914. The first kappa shape index (κ1) is 9.01. The second-order valence-electron chi connectivity index (χ2n) is 1.82. The molecule has 0 unspecified atom stereocenters. The van der Waals surface area contributed by atoms with E-state index in [1.807, 2.05) is 6.92 Å². The Bertz CT molecular complexity index is 144. The summed E-state index contributed by atoms with van der Waals surface area (Å²) < 4.78 is 4.97. The average Bonchev–Trinajstić information content (AvgIpc) is 1.99. The molecule has 0 atom stereocenters. The Hall–Kier alpha value is -0.990. The highest BCUT2D eigenvalue weighted by atomic mass is 16.5. The molecule has 0 aliphatic heterocycles. The van der Waals surface area contributed by atoms with Gasteiger partial charge >= 0.3 is 0 Å². The lowest BCUT2D eigenvalue weighted by Crippen LogP contribution is -2.08. The summed E-state index contributed by atoms with van der Waals surface area (Å²) >= 11 is 0.